The molecule has 2 aromatic heterocycles. The fraction of sp³-hybridized carbons (Fsp3) is 0.526. The van der Waals surface area contributed by atoms with Gasteiger partial charge >= 0.3 is 0 Å². The molecule has 0 unspecified atom stereocenters. The molecule has 2 aromatic rings. The lowest BCUT2D eigenvalue weighted by atomic mass is 9.94. The third kappa shape index (κ3) is 3.94. The first-order chi connectivity index (χ1) is 13.1. The van der Waals surface area contributed by atoms with Crippen molar-refractivity contribution in [1.82, 2.24) is 24.6 Å². The van der Waals surface area contributed by atoms with E-state index < -0.39 is 0 Å². The molecule has 4 rings (SSSR count). The standard InChI is InChI=1S/C19H25ClN6O/c1-23-8-10-25(11-9-23)19(27)15-3-6-24(7-4-15)18-13-21-5-2-17(18)26-14-16(20)12-22-26/h2,5,12-15H,3-4,6-11H2,1H3. The number of carbonyl (C=O) groups excluding carboxylic acids is 1. The fourth-order valence-corrected chi connectivity index (χ4v) is 4.04. The molecule has 0 aromatic carbocycles. The minimum Gasteiger partial charge on any atom is -0.368 e. The largest absolute Gasteiger partial charge is 0.368 e. The summed E-state index contributed by atoms with van der Waals surface area (Å²) in [5.74, 6) is 0.456. The number of piperidine rings is 1. The van der Waals surface area contributed by atoms with E-state index in [0.29, 0.717) is 10.9 Å². The Morgan fingerprint density at radius 1 is 1.07 bits per heavy atom. The van der Waals surface area contributed by atoms with Crippen LogP contribution in [0.15, 0.2) is 30.9 Å². The number of halogens is 1. The van der Waals surface area contributed by atoms with Crippen LogP contribution in [0.5, 0.6) is 0 Å². The van der Waals surface area contributed by atoms with Gasteiger partial charge in [-0.3, -0.25) is 9.78 Å². The molecule has 0 spiro atoms. The van der Waals surface area contributed by atoms with Crippen LogP contribution >= 0.6 is 11.6 Å². The highest BCUT2D eigenvalue weighted by molar-refractivity contribution is 6.30. The first-order valence-corrected chi connectivity index (χ1v) is 9.86. The van der Waals surface area contributed by atoms with Gasteiger partial charge in [-0.2, -0.15) is 5.10 Å². The van der Waals surface area contributed by atoms with Gasteiger partial charge in [-0.25, -0.2) is 4.68 Å². The van der Waals surface area contributed by atoms with Crippen molar-refractivity contribution in [2.45, 2.75) is 12.8 Å². The molecule has 0 bridgehead atoms. The third-order valence-electron chi connectivity index (χ3n) is 5.58. The Bertz CT molecular complexity index is 793. The molecule has 0 saturated carbocycles. The molecule has 0 radical (unpaired) electrons. The maximum absolute atomic E-state index is 12.8. The van der Waals surface area contributed by atoms with Gasteiger partial charge < -0.3 is 14.7 Å². The van der Waals surface area contributed by atoms with E-state index in [1.54, 1.807) is 23.3 Å². The molecule has 2 aliphatic rings. The minimum absolute atomic E-state index is 0.129. The highest BCUT2D eigenvalue weighted by Gasteiger charge is 2.30. The maximum Gasteiger partial charge on any atom is 0.225 e. The topological polar surface area (TPSA) is 57.5 Å². The zero-order chi connectivity index (χ0) is 18.8. The first-order valence-electron chi connectivity index (χ1n) is 9.48. The number of likely N-dealkylation sites (N-methyl/N-ethyl adjacent to an activating group) is 1. The highest BCUT2D eigenvalue weighted by Crippen LogP contribution is 2.29. The number of nitrogens with zero attached hydrogens (tertiary/aromatic N) is 6. The number of aromatic nitrogens is 3. The summed E-state index contributed by atoms with van der Waals surface area (Å²) in [5.41, 5.74) is 1.99. The lowest BCUT2D eigenvalue weighted by molar-refractivity contribution is -0.137. The number of rotatable bonds is 3. The maximum atomic E-state index is 12.8. The van der Waals surface area contributed by atoms with E-state index in [1.807, 2.05) is 17.2 Å². The SMILES string of the molecule is CN1CCN(C(=O)C2CCN(c3cnccc3-n3cc(Cl)cn3)CC2)CC1. The van der Waals surface area contributed by atoms with Crippen LogP contribution in [-0.2, 0) is 4.79 Å². The molecule has 27 heavy (non-hydrogen) atoms. The van der Waals surface area contributed by atoms with Crippen LogP contribution in [0.2, 0.25) is 5.02 Å². The summed E-state index contributed by atoms with van der Waals surface area (Å²) in [6.07, 6.45) is 8.81. The first kappa shape index (κ1) is 18.3. The minimum atomic E-state index is 0.129. The molecule has 2 fully saturated rings. The van der Waals surface area contributed by atoms with Gasteiger partial charge in [-0.05, 0) is 26.0 Å². The van der Waals surface area contributed by atoms with E-state index >= 15 is 0 Å². The number of piperazine rings is 1. The van der Waals surface area contributed by atoms with Gasteiger partial charge in [0.15, 0.2) is 0 Å². The Morgan fingerprint density at radius 2 is 1.81 bits per heavy atom. The van der Waals surface area contributed by atoms with Crippen LogP contribution in [0.25, 0.3) is 5.69 Å². The van der Waals surface area contributed by atoms with Crippen LogP contribution in [-0.4, -0.2) is 76.8 Å². The zero-order valence-corrected chi connectivity index (χ0v) is 16.3. The summed E-state index contributed by atoms with van der Waals surface area (Å²) >= 11 is 6.03. The lowest BCUT2D eigenvalue weighted by Crippen LogP contribution is -2.50. The van der Waals surface area contributed by atoms with Crippen molar-refractivity contribution >= 4 is 23.2 Å². The summed E-state index contributed by atoms with van der Waals surface area (Å²) in [7, 11) is 2.11. The molecule has 7 nitrogen and oxygen atoms in total. The molecule has 0 N–H and O–H groups in total. The van der Waals surface area contributed by atoms with Crippen molar-refractivity contribution in [3.05, 3.63) is 35.9 Å². The summed E-state index contributed by atoms with van der Waals surface area (Å²) in [6.45, 7) is 5.33. The smallest absolute Gasteiger partial charge is 0.225 e. The van der Waals surface area contributed by atoms with Gasteiger partial charge in [0.25, 0.3) is 0 Å². The molecule has 2 saturated heterocycles. The average molecular weight is 389 g/mol. The van der Waals surface area contributed by atoms with Crippen molar-refractivity contribution in [3.8, 4) is 5.69 Å². The van der Waals surface area contributed by atoms with Gasteiger partial charge in [0.2, 0.25) is 5.91 Å². The molecule has 0 atom stereocenters. The molecule has 0 aliphatic carbocycles. The number of hydrogen-bond donors (Lipinski definition) is 0. The van der Waals surface area contributed by atoms with Gasteiger partial charge in [0.05, 0.1) is 28.8 Å². The number of carbonyl (C=O) groups is 1. The normalized spacial score (nSPS) is 19.5. The predicted octanol–water partition coefficient (Wildman–Crippen LogP) is 1.91. The van der Waals surface area contributed by atoms with Crippen molar-refractivity contribution in [1.29, 1.82) is 0 Å². The fourth-order valence-electron chi connectivity index (χ4n) is 3.90. The number of anilines is 1. The van der Waals surface area contributed by atoms with E-state index in [9.17, 15) is 4.79 Å². The van der Waals surface area contributed by atoms with Crippen molar-refractivity contribution in [2.75, 3.05) is 51.2 Å². The van der Waals surface area contributed by atoms with Gasteiger partial charge in [0.1, 0.15) is 0 Å². The van der Waals surface area contributed by atoms with Gasteiger partial charge in [0, 0.05) is 57.6 Å². The van der Waals surface area contributed by atoms with Crippen molar-refractivity contribution < 1.29 is 4.79 Å². The summed E-state index contributed by atoms with van der Waals surface area (Å²) < 4.78 is 1.78. The number of hydrogen-bond acceptors (Lipinski definition) is 5. The summed E-state index contributed by atoms with van der Waals surface area (Å²) in [6, 6.07) is 1.94. The highest BCUT2D eigenvalue weighted by atomic mass is 35.5. The second-order valence-electron chi connectivity index (χ2n) is 7.36. The van der Waals surface area contributed by atoms with Crippen LogP contribution in [0.4, 0.5) is 5.69 Å². The predicted molar refractivity (Wildman–Crippen MR) is 105 cm³/mol. The molecular weight excluding hydrogens is 364 g/mol. The van der Waals surface area contributed by atoms with E-state index in [0.717, 1.165) is 63.5 Å². The quantitative estimate of drug-likeness (QED) is 0.804. The summed E-state index contributed by atoms with van der Waals surface area (Å²) in [5, 5.41) is 4.92. The van der Waals surface area contributed by atoms with E-state index in [2.05, 4.69) is 26.9 Å². The number of pyridine rings is 1. The van der Waals surface area contributed by atoms with Crippen molar-refractivity contribution in [2.24, 2.45) is 5.92 Å². The molecule has 2 aliphatic heterocycles. The summed E-state index contributed by atoms with van der Waals surface area (Å²) in [4.78, 5) is 23.8. The average Bonchev–Trinajstić information content (AvgIpc) is 3.14. The number of amides is 1. The van der Waals surface area contributed by atoms with Crippen LogP contribution < -0.4 is 4.90 Å². The molecular formula is C19H25ClN6O. The Hall–Kier alpha value is -2.12. The monoisotopic (exact) mass is 388 g/mol. The van der Waals surface area contributed by atoms with Crippen LogP contribution in [0.1, 0.15) is 12.8 Å². The molecule has 144 valence electrons. The second-order valence-corrected chi connectivity index (χ2v) is 7.79. The Balaban J connectivity index is 1.42. The Morgan fingerprint density at radius 3 is 2.48 bits per heavy atom. The van der Waals surface area contributed by atoms with E-state index in [4.69, 9.17) is 11.6 Å². The zero-order valence-electron chi connectivity index (χ0n) is 15.6. The van der Waals surface area contributed by atoms with Gasteiger partial charge in [-0.15, -0.1) is 0 Å². The van der Waals surface area contributed by atoms with Gasteiger partial charge in [-0.1, -0.05) is 11.6 Å². The second kappa shape index (κ2) is 7.86. The van der Waals surface area contributed by atoms with Crippen LogP contribution in [0.3, 0.4) is 0 Å². The van der Waals surface area contributed by atoms with E-state index in [-0.39, 0.29) is 5.92 Å². The molecule has 1 amide bonds. The van der Waals surface area contributed by atoms with E-state index in [1.165, 1.54) is 0 Å². The van der Waals surface area contributed by atoms with Crippen molar-refractivity contribution in [3.63, 3.8) is 0 Å². The Labute approximate surface area is 164 Å². The lowest BCUT2D eigenvalue weighted by Gasteiger charge is -2.38. The molecule has 4 heterocycles. The van der Waals surface area contributed by atoms with Crippen LogP contribution in [0, 0.1) is 5.92 Å². The third-order valence-corrected chi connectivity index (χ3v) is 5.77. The molecule has 8 heteroatoms. The Kier molecular flexibility index (Phi) is 5.31.